The highest BCUT2D eigenvalue weighted by Crippen LogP contribution is 2.50. The van der Waals surface area contributed by atoms with Crippen molar-refractivity contribution in [1.29, 1.82) is 0 Å². The largest absolute Gasteiger partial charge is 0.472 e. The van der Waals surface area contributed by atoms with Crippen LogP contribution in [0, 0.1) is 5.92 Å². The highest BCUT2D eigenvalue weighted by Gasteiger charge is 2.49. The van der Waals surface area contributed by atoms with E-state index in [-0.39, 0.29) is 36.5 Å². The molecule has 2 aromatic rings. The lowest BCUT2D eigenvalue weighted by Crippen LogP contribution is -2.43. The number of carbonyl (C=O) groups excluding carboxylic acids is 1. The van der Waals surface area contributed by atoms with Crippen LogP contribution in [0.15, 0.2) is 28.4 Å². The van der Waals surface area contributed by atoms with E-state index in [0.29, 0.717) is 43.8 Å². The molecule has 6 rings (SSSR count). The number of ether oxygens (including phenoxy) is 4. The number of phosphoric ester groups is 2. The molecule has 55 heavy (non-hydrogen) atoms. The molecule has 2 aromatic heterocycles. The number of aromatic nitrogens is 4. The van der Waals surface area contributed by atoms with Crippen LogP contribution >= 0.6 is 15.6 Å². The van der Waals surface area contributed by atoms with Crippen LogP contribution in [-0.2, 0) is 52.9 Å². The number of nitrogens with zero attached hydrogens (tertiary/aromatic N) is 5. The van der Waals surface area contributed by atoms with Crippen molar-refractivity contribution in [1.82, 2.24) is 24.8 Å². The number of aliphatic hydroxyl groups is 1. The van der Waals surface area contributed by atoms with Crippen molar-refractivity contribution in [2.75, 3.05) is 37.8 Å². The van der Waals surface area contributed by atoms with Crippen molar-refractivity contribution < 1.29 is 66.2 Å². The van der Waals surface area contributed by atoms with E-state index in [2.05, 4.69) is 29.8 Å². The van der Waals surface area contributed by atoms with Gasteiger partial charge in [-0.1, -0.05) is 0 Å². The minimum Gasteiger partial charge on any atom is -0.455 e. The lowest BCUT2D eigenvalue weighted by molar-refractivity contribution is -0.158. The first-order valence-electron chi connectivity index (χ1n) is 17.5. The first-order valence-corrected chi connectivity index (χ1v) is 20.5. The van der Waals surface area contributed by atoms with Gasteiger partial charge < -0.3 is 55.5 Å². The van der Waals surface area contributed by atoms with Gasteiger partial charge in [0.1, 0.15) is 54.5 Å². The SMILES string of the molecule is CCO[C@H]1CNC(C(=O)O[C@H]2[C@@H](O)[C@H](C[C@@H]3C=Nc4c(N)ncnc4CC3)O[C@@H]2COP(=O)(O)O[C@H]2C[C@H](n3ccc(N)nc3=O)O[C@@H]2COP(=O)(O)O)C1. The van der Waals surface area contributed by atoms with E-state index >= 15 is 0 Å². The maximum absolute atomic E-state index is 13.4. The summed E-state index contributed by atoms with van der Waals surface area (Å²) in [6.45, 7) is 1.18. The van der Waals surface area contributed by atoms with E-state index in [9.17, 15) is 38.5 Å². The van der Waals surface area contributed by atoms with Gasteiger partial charge in [0, 0.05) is 38.4 Å². The molecule has 2 unspecified atom stereocenters. The second-order valence-electron chi connectivity index (χ2n) is 13.3. The van der Waals surface area contributed by atoms with Gasteiger partial charge in [-0.3, -0.25) is 27.9 Å². The molecule has 11 atom stereocenters. The summed E-state index contributed by atoms with van der Waals surface area (Å²) in [5, 5.41) is 14.5. The summed E-state index contributed by atoms with van der Waals surface area (Å²) in [6, 6.07) is 0.556. The summed E-state index contributed by atoms with van der Waals surface area (Å²) in [5.41, 5.74) is 11.8. The molecular formula is C30H44N8O15P2. The van der Waals surface area contributed by atoms with Crippen LogP contribution in [0.2, 0.25) is 0 Å². The predicted octanol–water partition coefficient (Wildman–Crippen LogP) is -0.741. The summed E-state index contributed by atoms with van der Waals surface area (Å²) in [5.74, 6) is -0.790. The van der Waals surface area contributed by atoms with Gasteiger partial charge in [0.15, 0.2) is 11.9 Å². The average Bonchev–Trinajstić information content (AvgIpc) is 3.77. The molecule has 0 radical (unpaired) electrons. The number of aliphatic imine (C=N–C) groups is 1. The molecule has 0 saturated carbocycles. The van der Waals surface area contributed by atoms with E-state index in [0.717, 1.165) is 4.57 Å². The van der Waals surface area contributed by atoms with Crippen LogP contribution in [0.5, 0.6) is 0 Å². The number of rotatable bonds is 15. The minimum absolute atomic E-state index is 0.0747. The number of aryl methyl sites for hydroxylation is 1. The van der Waals surface area contributed by atoms with Gasteiger partial charge in [0.2, 0.25) is 0 Å². The number of nitrogens with two attached hydrogens (primary N) is 2. The molecule has 0 amide bonds. The summed E-state index contributed by atoms with van der Waals surface area (Å²) in [6.07, 6.45) is -3.52. The molecule has 6 heterocycles. The molecule has 0 spiro atoms. The number of fused-ring (bicyclic) bond motifs is 1. The number of phosphoric acid groups is 2. The second kappa shape index (κ2) is 17.5. The summed E-state index contributed by atoms with van der Waals surface area (Å²) in [7, 11) is -10.1. The molecule has 3 fully saturated rings. The standard InChI is InChI=1S/C30H44N8O15P2/c1-2-47-16-8-18(33-11-16)29(40)52-27-22(50-20(26(27)39)7-15-3-4-17-25(34-10-15)28(32)36-14-35-17)13-49-55(45,46)53-19-9-24(38-6-5-23(31)37-30(38)41)51-21(19)12-48-54(42,43)44/h5-6,10,14-16,18-22,24,26-27,33,39H,2-4,7-9,11-13H2,1H3,(H,45,46)(H2,31,37,41)(H2,32,35,36)(H2,42,43,44)/t15-,16-,18?,19+,20+,21-,22-,24-,26+,27-/m1/s1. The van der Waals surface area contributed by atoms with E-state index in [1.165, 1.54) is 18.6 Å². The highest BCUT2D eigenvalue weighted by molar-refractivity contribution is 7.47. The molecule has 0 bridgehead atoms. The fraction of sp³-hybridized carbons (Fsp3) is 0.667. The van der Waals surface area contributed by atoms with Crippen LogP contribution in [0.25, 0.3) is 0 Å². The number of aliphatic hydroxyl groups excluding tert-OH is 1. The van der Waals surface area contributed by atoms with Gasteiger partial charge in [0.25, 0.3) is 0 Å². The smallest absolute Gasteiger partial charge is 0.455 e. The number of esters is 1. The average molecular weight is 819 g/mol. The Morgan fingerprint density at radius 3 is 2.62 bits per heavy atom. The zero-order valence-corrected chi connectivity index (χ0v) is 31.3. The third kappa shape index (κ3) is 10.6. The quantitative estimate of drug-likeness (QED) is 0.0859. The molecule has 3 saturated heterocycles. The Kier molecular flexibility index (Phi) is 13.1. The van der Waals surface area contributed by atoms with Crippen molar-refractivity contribution in [3.8, 4) is 0 Å². The maximum Gasteiger partial charge on any atom is 0.472 e. The van der Waals surface area contributed by atoms with E-state index in [1.807, 2.05) is 6.92 Å². The van der Waals surface area contributed by atoms with Crippen molar-refractivity contribution in [3.63, 3.8) is 0 Å². The molecule has 4 aliphatic heterocycles. The second-order valence-corrected chi connectivity index (χ2v) is 16.0. The number of anilines is 2. The van der Waals surface area contributed by atoms with Crippen molar-refractivity contribution in [2.24, 2.45) is 10.9 Å². The van der Waals surface area contributed by atoms with E-state index < -0.39 is 89.4 Å². The lowest BCUT2D eigenvalue weighted by atomic mass is 9.94. The number of hydrogen-bond acceptors (Lipinski definition) is 19. The van der Waals surface area contributed by atoms with Gasteiger partial charge in [-0.05, 0) is 38.2 Å². The van der Waals surface area contributed by atoms with E-state index in [1.54, 1.807) is 6.21 Å². The van der Waals surface area contributed by atoms with Crippen molar-refractivity contribution in [2.45, 2.75) is 94.0 Å². The minimum atomic E-state index is -5.08. The van der Waals surface area contributed by atoms with Crippen LogP contribution < -0.4 is 22.5 Å². The van der Waals surface area contributed by atoms with Crippen LogP contribution in [0.3, 0.4) is 0 Å². The first-order chi connectivity index (χ1) is 26.1. The molecule has 0 aromatic carbocycles. The van der Waals surface area contributed by atoms with Crippen molar-refractivity contribution >= 4 is 45.2 Å². The molecule has 304 valence electrons. The molecule has 9 N–H and O–H groups in total. The Morgan fingerprint density at radius 1 is 1.09 bits per heavy atom. The Labute approximate surface area is 313 Å². The van der Waals surface area contributed by atoms with Crippen LogP contribution in [0.1, 0.15) is 44.5 Å². The maximum atomic E-state index is 13.4. The van der Waals surface area contributed by atoms with Crippen LogP contribution in [0.4, 0.5) is 17.3 Å². The van der Waals surface area contributed by atoms with Crippen molar-refractivity contribution in [3.05, 3.63) is 34.8 Å². The number of nitrogen functional groups attached to an aromatic ring is 2. The summed E-state index contributed by atoms with van der Waals surface area (Å²) < 4.78 is 64.3. The topological polar surface area (TPSA) is 334 Å². The molecule has 0 aliphatic carbocycles. The Bertz CT molecular complexity index is 1870. The monoisotopic (exact) mass is 818 g/mol. The zero-order chi connectivity index (χ0) is 39.5. The molecule has 25 heteroatoms. The number of nitrogens with one attached hydrogen (secondary N) is 1. The number of hydrogen-bond donors (Lipinski definition) is 7. The molecular weight excluding hydrogens is 774 g/mol. The van der Waals surface area contributed by atoms with Gasteiger partial charge >= 0.3 is 27.3 Å². The Balaban J connectivity index is 1.15. The Morgan fingerprint density at radius 2 is 1.87 bits per heavy atom. The molecule has 23 nitrogen and oxygen atoms in total. The fourth-order valence-corrected chi connectivity index (χ4v) is 8.18. The van der Waals surface area contributed by atoms with Gasteiger partial charge in [-0.2, -0.15) is 4.98 Å². The highest BCUT2D eigenvalue weighted by atomic mass is 31.2. The zero-order valence-electron chi connectivity index (χ0n) is 29.5. The molecule has 4 aliphatic rings. The number of carbonyl (C=O) groups is 1. The summed E-state index contributed by atoms with van der Waals surface area (Å²) in [4.78, 5) is 71.4. The first kappa shape index (κ1) is 41.4. The van der Waals surface area contributed by atoms with E-state index in [4.69, 9.17) is 39.5 Å². The lowest BCUT2D eigenvalue weighted by Gasteiger charge is -2.24. The van der Waals surface area contributed by atoms with Gasteiger partial charge in [0.05, 0.1) is 31.1 Å². The van der Waals surface area contributed by atoms with Gasteiger partial charge in [-0.25, -0.2) is 23.9 Å². The fourth-order valence-electron chi connectivity index (χ4n) is 6.88. The predicted molar refractivity (Wildman–Crippen MR) is 187 cm³/mol. The van der Waals surface area contributed by atoms with Crippen LogP contribution in [-0.4, -0.2) is 127 Å². The summed E-state index contributed by atoms with van der Waals surface area (Å²) >= 11 is 0. The third-order valence-electron chi connectivity index (χ3n) is 9.51. The normalized spacial score (nSPS) is 31.9. The van der Waals surface area contributed by atoms with Gasteiger partial charge in [-0.15, -0.1) is 0 Å². The Hall–Kier alpha value is -3.28. The third-order valence-corrected chi connectivity index (χ3v) is 11.0.